The number of carboxylic acids is 1. The van der Waals surface area contributed by atoms with Gasteiger partial charge in [-0.2, -0.15) is 0 Å². The molecule has 202 valence electrons. The third-order valence-corrected chi connectivity index (χ3v) is 18.0. The Morgan fingerprint density at radius 2 is 1.08 bits per heavy atom. The van der Waals surface area contributed by atoms with E-state index >= 15 is 0 Å². The summed E-state index contributed by atoms with van der Waals surface area (Å²) in [6.45, 7) is 6.24. The Kier molecular flexibility index (Phi) is 11.3. The van der Waals surface area contributed by atoms with Gasteiger partial charge in [-0.15, -0.1) is 0 Å². The van der Waals surface area contributed by atoms with E-state index in [2.05, 4.69) is 108 Å². The number of methoxy groups -OCH3 is 1. The first-order valence-corrected chi connectivity index (χ1v) is 26.3. The maximum atomic E-state index is 12.4. The van der Waals surface area contributed by atoms with Crippen LogP contribution in [0.5, 0.6) is 5.75 Å². The Bertz CT molecular complexity index is 1230. The van der Waals surface area contributed by atoms with E-state index in [0.29, 0.717) is 5.75 Å². The van der Waals surface area contributed by atoms with Gasteiger partial charge in [0.05, 0.1) is 0 Å². The molecule has 0 N–H and O–H groups in total. The fraction of sp³-hybridized carbons (Fsp3) is 0.265. The van der Waals surface area contributed by atoms with Gasteiger partial charge < -0.3 is 0 Å². The van der Waals surface area contributed by atoms with Gasteiger partial charge in [-0.3, -0.25) is 0 Å². The topological polar surface area (TPSA) is 49.4 Å². The van der Waals surface area contributed by atoms with Crippen molar-refractivity contribution >= 4 is 52.2 Å². The van der Waals surface area contributed by atoms with Crippen LogP contribution in [0.25, 0.3) is 0 Å². The van der Waals surface area contributed by atoms with Crippen molar-refractivity contribution in [2.45, 2.75) is 46.8 Å². The van der Waals surface area contributed by atoms with E-state index in [1.54, 1.807) is 7.11 Å². The number of hydrogen-bond acceptors (Lipinski definition) is 3. The molecule has 1 unspecified atom stereocenters. The fourth-order valence-electron chi connectivity index (χ4n) is 5.17. The van der Waals surface area contributed by atoms with Crippen LogP contribution in [0, 0.1) is 20.8 Å². The summed E-state index contributed by atoms with van der Waals surface area (Å²) in [6.07, 6.45) is -0.0873. The molecule has 0 radical (unpaired) electrons. The average Bonchev–Trinajstić information content (AvgIpc) is 2.90. The normalized spacial score (nSPS) is 11.7. The zero-order valence-electron chi connectivity index (χ0n) is 24.2. The molecule has 0 spiro atoms. The Morgan fingerprint density at radius 1 is 0.718 bits per heavy atom. The standard InChI is InChI=1S/C31H32GeO3.3CH3.Sn/c1-22-9-15-25(16-10-22)32(26-17-11-23(2)12-18-26,27-19-13-24(3)14-20-27)29(21-31(33)34)28-7-5-6-8-30(28)35-4;;;;/h5-20,29H,21H2,1-4H3,(H,33,34);3*1H3;/q;;;;+1/p-1. The van der Waals surface area contributed by atoms with Crippen LogP contribution in [0.2, 0.25) is 14.8 Å². The predicted octanol–water partition coefficient (Wildman–Crippen LogP) is 4.92. The minimum atomic E-state index is -3.73. The number of ether oxygens (including phenoxy) is 1. The zero-order chi connectivity index (χ0) is 28.6. The van der Waals surface area contributed by atoms with Crippen molar-refractivity contribution in [1.29, 1.82) is 0 Å². The number of carboxylic acid groups (broad SMARTS) is 1. The number of rotatable bonds is 8. The molecule has 0 saturated carbocycles. The minimum absolute atomic E-state index is 0.0873. The number of benzene rings is 4. The van der Waals surface area contributed by atoms with Gasteiger partial charge in [0.15, 0.2) is 0 Å². The Hall–Kier alpha value is -2.51. The van der Waals surface area contributed by atoms with Crippen LogP contribution in [0.15, 0.2) is 97.1 Å². The van der Waals surface area contributed by atoms with Gasteiger partial charge in [-0.05, 0) is 0 Å². The molecule has 0 fully saturated rings. The van der Waals surface area contributed by atoms with Crippen molar-refractivity contribution < 1.29 is 14.6 Å². The number of carbonyl (C=O) groups is 1. The van der Waals surface area contributed by atoms with E-state index in [9.17, 15) is 9.90 Å². The average molecular weight is 688 g/mol. The maximum absolute atomic E-state index is 12.4. The molecule has 4 rings (SSSR count). The molecule has 0 aliphatic rings. The number of aliphatic carboxylic acids is 1. The van der Waals surface area contributed by atoms with Crippen LogP contribution < -0.4 is 23.0 Å². The van der Waals surface area contributed by atoms with Crippen LogP contribution in [0.4, 0.5) is 0 Å². The van der Waals surface area contributed by atoms with Gasteiger partial charge in [0.1, 0.15) is 0 Å². The van der Waals surface area contributed by atoms with Crippen LogP contribution in [-0.4, -0.2) is 46.1 Å². The second-order valence-electron chi connectivity index (χ2n) is 10.8. The van der Waals surface area contributed by atoms with Gasteiger partial charge in [0.2, 0.25) is 0 Å². The second kappa shape index (κ2) is 14.2. The molecule has 4 aromatic rings. The van der Waals surface area contributed by atoms with Crippen LogP contribution >= 0.6 is 0 Å². The Labute approximate surface area is 244 Å². The molecule has 0 aromatic heterocycles. The van der Waals surface area contributed by atoms with Crippen LogP contribution in [0.3, 0.4) is 0 Å². The summed E-state index contributed by atoms with van der Waals surface area (Å²) >= 11 is -4.28. The molecule has 39 heavy (non-hydrogen) atoms. The molecule has 1 atom stereocenters. The summed E-state index contributed by atoms with van der Waals surface area (Å²) in [5, 5.41) is 12.4. The van der Waals surface area contributed by atoms with Crippen LogP contribution in [0.1, 0.15) is 33.4 Å². The van der Waals surface area contributed by atoms with E-state index in [0.717, 1.165) is 5.56 Å². The fourth-order valence-corrected chi connectivity index (χ4v) is 16.6. The quantitative estimate of drug-likeness (QED) is 0.247. The molecule has 0 aliphatic heterocycles. The molecular weight excluding hydrogens is 648 g/mol. The van der Waals surface area contributed by atoms with Crippen LogP contribution in [-0.2, 0) is 4.79 Å². The van der Waals surface area contributed by atoms with Crippen molar-refractivity contribution in [2.24, 2.45) is 0 Å². The molecule has 0 heterocycles. The Morgan fingerprint density at radius 3 is 1.41 bits per heavy atom. The van der Waals surface area contributed by atoms with Crippen molar-refractivity contribution in [3.05, 3.63) is 119 Å². The predicted molar refractivity (Wildman–Crippen MR) is 167 cm³/mol. The van der Waals surface area contributed by atoms with Crippen molar-refractivity contribution in [2.75, 3.05) is 7.11 Å². The van der Waals surface area contributed by atoms with E-state index in [4.69, 9.17) is 4.74 Å². The van der Waals surface area contributed by atoms with Gasteiger partial charge in [0, 0.05) is 0 Å². The number of hydrogen-bond donors (Lipinski definition) is 0. The molecule has 0 bridgehead atoms. The first kappa shape index (κ1) is 31.0. The summed E-state index contributed by atoms with van der Waals surface area (Å²) in [5.41, 5.74) is 4.44. The third-order valence-electron chi connectivity index (χ3n) is 6.93. The summed E-state index contributed by atoms with van der Waals surface area (Å²) < 4.78 is 9.11. The van der Waals surface area contributed by atoms with Gasteiger partial charge in [-0.1, -0.05) is 0 Å². The SMILES string of the molecule is COc1ccccc1[CH](CC(=O)[O-])[Ge]([c]1ccc(C)cc1)([c]1ccc(C)cc1)[c]1ccc(C)cc1.[CH3][Sn+]([CH3])[CH3]. The van der Waals surface area contributed by atoms with Gasteiger partial charge in [0.25, 0.3) is 0 Å². The summed E-state index contributed by atoms with van der Waals surface area (Å²) in [6, 6.07) is 33.8. The molecular formula is C34H40GeO3Sn. The van der Waals surface area contributed by atoms with E-state index in [-0.39, 0.29) is 11.2 Å². The first-order valence-electron chi connectivity index (χ1n) is 13.4. The van der Waals surface area contributed by atoms with E-state index < -0.39 is 39.0 Å². The van der Waals surface area contributed by atoms with E-state index in [1.807, 2.05) is 24.3 Å². The van der Waals surface area contributed by atoms with Gasteiger partial charge in [-0.25, -0.2) is 0 Å². The second-order valence-corrected chi connectivity index (χ2v) is 27.8. The van der Waals surface area contributed by atoms with Gasteiger partial charge >= 0.3 is 246 Å². The molecule has 4 aromatic carbocycles. The summed E-state index contributed by atoms with van der Waals surface area (Å²) in [7, 11) is 1.65. The number of aryl methyl sites for hydroxylation is 3. The molecule has 3 nitrogen and oxygen atoms in total. The van der Waals surface area contributed by atoms with Crippen molar-refractivity contribution in [1.82, 2.24) is 0 Å². The monoisotopic (exact) mass is 690 g/mol. The molecule has 0 amide bonds. The molecule has 0 aliphatic carbocycles. The Balaban J connectivity index is 0.000000983. The zero-order valence-corrected chi connectivity index (χ0v) is 29.2. The summed E-state index contributed by atoms with van der Waals surface area (Å²) in [4.78, 5) is 19.5. The third kappa shape index (κ3) is 7.58. The first-order chi connectivity index (χ1) is 18.6. The van der Waals surface area contributed by atoms with E-state index in [1.165, 1.54) is 29.9 Å². The summed E-state index contributed by atoms with van der Waals surface area (Å²) in [5.74, 6) is -0.345. The van der Waals surface area contributed by atoms with Crippen molar-refractivity contribution in [3.63, 3.8) is 0 Å². The molecule has 0 saturated heterocycles. The van der Waals surface area contributed by atoms with Crippen molar-refractivity contribution in [3.8, 4) is 5.75 Å². The number of carbonyl (C=O) groups excluding carboxylic acids is 1. The molecule has 5 heteroatoms. The number of para-hydroxylation sites is 1.